The van der Waals surface area contributed by atoms with Crippen LogP contribution in [-0.4, -0.2) is 18.0 Å². The highest BCUT2D eigenvalue weighted by Crippen LogP contribution is 2.41. The molecule has 3 saturated carbocycles. The summed E-state index contributed by atoms with van der Waals surface area (Å²) in [6.45, 7) is 2.09. The van der Waals surface area contributed by atoms with E-state index in [-0.39, 0.29) is 18.3 Å². The molecule has 0 aromatic rings. The molecule has 0 aromatic carbocycles. The van der Waals surface area contributed by atoms with Crippen molar-refractivity contribution in [3.63, 3.8) is 0 Å². The Kier molecular flexibility index (Phi) is 4.78. The van der Waals surface area contributed by atoms with Gasteiger partial charge in [0.2, 0.25) is 5.91 Å². The van der Waals surface area contributed by atoms with Gasteiger partial charge in [-0.1, -0.05) is 13.3 Å². The Hall–Kier alpha value is -0.280. The van der Waals surface area contributed by atoms with Crippen LogP contribution in [0.1, 0.15) is 51.9 Å². The fraction of sp³-hybridized carbons (Fsp3) is 0.933. The molecule has 3 fully saturated rings. The molecule has 2 bridgehead atoms. The van der Waals surface area contributed by atoms with Crippen LogP contribution in [0.25, 0.3) is 0 Å². The van der Waals surface area contributed by atoms with E-state index < -0.39 is 0 Å². The van der Waals surface area contributed by atoms with Gasteiger partial charge in [0.25, 0.3) is 0 Å². The van der Waals surface area contributed by atoms with Gasteiger partial charge < -0.3 is 11.1 Å². The molecule has 110 valence electrons. The van der Waals surface area contributed by atoms with Crippen molar-refractivity contribution in [2.24, 2.45) is 29.4 Å². The predicted molar refractivity (Wildman–Crippen MR) is 79.1 cm³/mol. The number of nitrogens with one attached hydrogen (secondary N) is 1. The smallest absolute Gasteiger partial charge is 0.223 e. The van der Waals surface area contributed by atoms with E-state index in [1.165, 1.54) is 32.1 Å². The van der Waals surface area contributed by atoms with Crippen LogP contribution in [0, 0.1) is 23.7 Å². The Morgan fingerprint density at radius 2 is 1.74 bits per heavy atom. The third kappa shape index (κ3) is 3.25. The van der Waals surface area contributed by atoms with E-state index >= 15 is 0 Å². The molecular weight excluding hydrogens is 260 g/mol. The minimum Gasteiger partial charge on any atom is -0.353 e. The summed E-state index contributed by atoms with van der Waals surface area (Å²) in [7, 11) is 0. The Morgan fingerprint density at radius 3 is 2.26 bits per heavy atom. The van der Waals surface area contributed by atoms with Crippen molar-refractivity contribution >= 4 is 18.3 Å². The molecule has 0 saturated heterocycles. The normalized spacial score (nSPS) is 39.1. The Morgan fingerprint density at radius 1 is 1.16 bits per heavy atom. The van der Waals surface area contributed by atoms with Crippen molar-refractivity contribution in [2.75, 3.05) is 0 Å². The first-order valence-electron chi connectivity index (χ1n) is 7.71. The first-order chi connectivity index (χ1) is 8.65. The second kappa shape index (κ2) is 6.01. The Labute approximate surface area is 122 Å². The molecule has 3 atom stereocenters. The number of halogens is 1. The van der Waals surface area contributed by atoms with E-state index in [1.807, 2.05) is 0 Å². The summed E-state index contributed by atoms with van der Waals surface area (Å²) in [5, 5.41) is 3.37. The maximum Gasteiger partial charge on any atom is 0.223 e. The van der Waals surface area contributed by atoms with Crippen LogP contribution in [-0.2, 0) is 4.79 Å². The first-order valence-corrected chi connectivity index (χ1v) is 7.71. The van der Waals surface area contributed by atoms with E-state index in [2.05, 4.69) is 12.2 Å². The SMILES string of the molecule is CC(C(=O)NC1C2CCCC1CC(N)C2)C1CC1.Cl. The van der Waals surface area contributed by atoms with Crippen LogP contribution in [0.3, 0.4) is 0 Å². The molecule has 0 aliphatic heterocycles. The summed E-state index contributed by atoms with van der Waals surface area (Å²) in [5.74, 6) is 2.47. The highest BCUT2D eigenvalue weighted by Gasteiger charge is 2.41. The minimum atomic E-state index is 0. The van der Waals surface area contributed by atoms with E-state index in [0.717, 1.165) is 12.8 Å². The minimum absolute atomic E-state index is 0. The highest BCUT2D eigenvalue weighted by atomic mass is 35.5. The van der Waals surface area contributed by atoms with Crippen molar-refractivity contribution in [3.05, 3.63) is 0 Å². The Balaban J connectivity index is 0.00000133. The third-order valence-electron chi connectivity index (χ3n) is 5.43. The number of carbonyl (C=O) groups is 1. The molecule has 3 rings (SSSR count). The van der Waals surface area contributed by atoms with Crippen LogP contribution < -0.4 is 11.1 Å². The topological polar surface area (TPSA) is 55.1 Å². The second-order valence-corrected chi connectivity index (χ2v) is 6.84. The second-order valence-electron chi connectivity index (χ2n) is 6.84. The zero-order valence-corrected chi connectivity index (χ0v) is 12.6. The number of hydrogen-bond donors (Lipinski definition) is 2. The molecule has 3 unspecified atom stereocenters. The molecule has 4 heteroatoms. The van der Waals surface area contributed by atoms with Gasteiger partial charge in [-0.2, -0.15) is 0 Å². The molecule has 3 aliphatic rings. The van der Waals surface area contributed by atoms with Crippen molar-refractivity contribution < 1.29 is 4.79 Å². The quantitative estimate of drug-likeness (QED) is 0.837. The van der Waals surface area contributed by atoms with Gasteiger partial charge in [0.15, 0.2) is 0 Å². The lowest BCUT2D eigenvalue weighted by atomic mass is 9.67. The van der Waals surface area contributed by atoms with Gasteiger partial charge in [0, 0.05) is 18.0 Å². The zero-order chi connectivity index (χ0) is 12.7. The first kappa shape index (κ1) is 15.1. The maximum atomic E-state index is 12.3. The number of rotatable bonds is 3. The van der Waals surface area contributed by atoms with Gasteiger partial charge in [-0.3, -0.25) is 4.79 Å². The lowest BCUT2D eigenvalue weighted by molar-refractivity contribution is -0.127. The summed E-state index contributed by atoms with van der Waals surface area (Å²) in [5.41, 5.74) is 6.12. The van der Waals surface area contributed by atoms with E-state index in [0.29, 0.717) is 35.7 Å². The highest BCUT2D eigenvalue weighted by molar-refractivity contribution is 5.85. The van der Waals surface area contributed by atoms with Crippen LogP contribution in [0.5, 0.6) is 0 Å². The predicted octanol–water partition coefficient (Wildman–Crippen LogP) is 2.48. The van der Waals surface area contributed by atoms with Crippen LogP contribution in [0.2, 0.25) is 0 Å². The fourth-order valence-corrected chi connectivity index (χ4v) is 4.13. The zero-order valence-electron chi connectivity index (χ0n) is 11.8. The van der Waals surface area contributed by atoms with E-state index in [4.69, 9.17) is 5.73 Å². The third-order valence-corrected chi connectivity index (χ3v) is 5.43. The monoisotopic (exact) mass is 286 g/mol. The van der Waals surface area contributed by atoms with Crippen molar-refractivity contribution in [1.82, 2.24) is 5.32 Å². The van der Waals surface area contributed by atoms with Crippen LogP contribution in [0.15, 0.2) is 0 Å². The van der Waals surface area contributed by atoms with Crippen LogP contribution >= 0.6 is 12.4 Å². The van der Waals surface area contributed by atoms with Crippen molar-refractivity contribution in [3.8, 4) is 0 Å². The van der Waals surface area contributed by atoms with Crippen molar-refractivity contribution in [1.29, 1.82) is 0 Å². The molecular formula is C15H27ClN2O. The molecule has 3 nitrogen and oxygen atoms in total. The molecule has 3 aliphatic carbocycles. The number of amides is 1. The molecule has 0 heterocycles. The molecule has 0 radical (unpaired) electrons. The number of hydrogen-bond acceptors (Lipinski definition) is 2. The van der Waals surface area contributed by atoms with Crippen LogP contribution in [0.4, 0.5) is 0 Å². The van der Waals surface area contributed by atoms with Crippen molar-refractivity contribution in [2.45, 2.75) is 64.0 Å². The molecule has 1 amide bonds. The number of fused-ring (bicyclic) bond motifs is 2. The summed E-state index contributed by atoms with van der Waals surface area (Å²) >= 11 is 0. The Bertz CT molecular complexity index is 318. The summed E-state index contributed by atoms with van der Waals surface area (Å²) in [6.07, 6.45) is 8.55. The number of carbonyl (C=O) groups excluding carboxylic acids is 1. The van der Waals surface area contributed by atoms with Gasteiger partial charge >= 0.3 is 0 Å². The van der Waals surface area contributed by atoms with Gasteiger partial charge in [-0.15, -0.1) is 12.4 Å². The van der Waals surface area contributed by atoms with E-state index in [9.17, 15) is 4.79 Å². The standard InChI is InChI=1S/C15H26N2O.ClH/c1-9(10-5-6-10)15(18)17-14-11-3-2-4-12(14)8-13(16)7-11;/h9-14H,2-8,16H2,1H3,(H,17,18);1H. The molecule has 0 aromatic heterocycles. The van der Waals surface area contributed by atoms with Gasteiger partial charge in [0.1, 0.15) is 0 Å². The summed E-state index contributed by atoms with van der Waals surface area (Å²) in [4.78, 5) is 12.3. The lowest BCUT2D eigenvalue weighted by Gasteiger charge is -2.45. The summed E-state index contributed by atoms with van der Waals surface area (Å²) < 4.78 is 0. The van der Waals surface area contributed by atoms with E-state index in [1.54, 1.807) is 0 Å². The summed E-state index contributed by atoms with van der Waals surface area (Å²) in [6, 6.07) is 0.793. The van der Waals surface area contributed by atoms with Gasteiger partial charge in [0.05, 0.1) is 0 Å². The van der Waals surface area contributed by atoms with Gasteiger partial charge in [-0.05, 0) is 56.3 Å². The molecule has 0 spiro atoms. The molecule has 19 heavy (non-hydrogen) atoms. The molecule has 3 N–H and O–H groups in total. The maximum absolute atomic E-state index is 12.3. The fourth-order valence-electron chi connectivity index (χ4n) is 4.13. The average Bonchev–Trinajstić information content (AvgIpc) is 3.13. The van der Waals surface area contributed by atoms with Gasteiger partial charge in [-0.25, -0.2) is 0 Å². The largest absolute Gasteiger partial charge is 0.353 e. The average molecular weight is 287 g/mol. The lowest BCUT2D eigenvalue weighted by Crippen LogP contribution is -2.54. The number of nitrogens with two attached hydrogens (primary N) is 1.